The molecule has 0 atom stereocenters. The van der Waals surface area contributed by atoms with Crippen LogP contribution in [0.3, 0.4) is 0 Å². The number of benzene rings is 5. The molecule has 49 heavy (non-hydrogen) atoms. The van der Waals surface area contributed by atoms with E-state index in [-0.39, 0.29) is 5.41 Å². The van der Waals surface area contributed by atoms with Crippen LogP contribution in [-0.4, -0.2) is 16.2 Å². The van der Waals surface area contributed by atoms with Gasteiger partial charge in [-0.1, -0.05) is 83.1 Å². The third kappa shape index (κ3) is 5.80. The average molecular weight is 643 g/mol. The highest BCUT2D eigenvalue weighted by Crippen LogP contribution is 2.45. The SMILES string of the molecule is CC(C)Cc1ccnc(-n2c3ccccc3c3ccc(Oc4cccc(N5CN(c6cccc(C(C)(C)C)c6)c6ccccc65)c4)cc32)c1. The smallest absolute Gasteiger partial charge is 0.137 e. The molecule has 3 heterocycles. The fraction of sp³-hybridized carbons (Fsp3) is 0.205. The van der Waals surface area contributed by atoms with Crippen molar-refractivity contribution in [3.05, 3.63) is 145 Å². The number of pyridine rings is 1. The van der Waals surface area contributed by atoms with Gasteiger partial charge in [-0.05, 0) is 95.6 Å². The maximum atomic E-state index is 6.63. The van der Waals surface area contributed by atoms with E-state index in [1.165, 1.54) is 39.0 Å². The molecule has 0 unspecified atom stereocenters. The number of hydrogen-bond acceptors (Lipinski definition) is 4. The van der Waals surface area contributed by atoms with Crippen LogP contribution in [0.4, 0.5) is 22.7 Å². The van der Waals surface area contributed by atoms with Crippen molar-refractivity contribution in [1.29, 1.82) is 0 Å². The van der Waals surface area contributed by atoms with E-state index in [0.717, 1.165) is 40.5 Å². The zero-order valence-corrected chi connectivity index (χ0v) is 28.9. The summed E-state index contributed by atoms with van der Waals surface area (Å²) >= 11 is 0. The minimum atomic E-state index is 0.0757. The monoisotopic (exact) mass is 642 g/mol. The van der Waals surface area contributed by atoms with E-state index in [0.29, 0.717) is 12.6 Å². The number of ether oxygens (including phenoxy) is 1. The highest BCUT2D eigenvalue weighted by Gasteiger charge is 2.28. The average Bonchev–Trinajstić information content (AvgIpc) is 3.64. The number of rotatable bonds is 7. The van der Waals surface area contributed by atoms with Crippen molar-refractivity contribution in [2.24, 2.45) is 5.92 Å². The summed E-state index contributed by atoms with van der Waals surface area (Å²) in [7, 11) is 0. The predicted molar refractivity (Wildman–Crippen MR) is 204 cm³/mol. The molecule has 5 nitrogen and oxygen atoms in total. The third-order valence-corrected chi connectivity index (χ3v) is 9.46. The van der Waals surface area contributed by atoms with Crippen LogP contribution < -0.4 is 14.5 Å². The molecule has 244 valence electrons. The highest BCUT2D eigenvalue weighted by molar-refractivity contribution is 6.09. The Morgan fingerprint density at radius 3 is 2.08 bits per heavy atom. The van der Waals surface area contributed by atoms with Crippen LogP contribution >= 0.6 is 0 Å². The second-order valence-corrected chi connectivity index (χ2v) is 14.5. The molecule has 0 bridgehead atoms. The molecule has 8 rings (SSSR count). The van der Waals surface area contributed by atoms with Crippen LogP contribution in [0, 0.1) is 5.92 Å². The van der Waals surface area contributed by atoms with Gasteiger partial charge in [0.1, 0.15) is 24.0 Å². The van der Waals surface area contributed by atoms with Crippen LogP contribution in [0.1, 0.15) is 45.7 Å². The predicted octanol–water partition coefficient (Wildman–Crippen LogP) is 11.7. The van der Waals surface area contributed by atoms with Gasteiger partial charge >= 0.3 is 0 Å². The Balaban J connectivity index is 1.14. The molecule has 0 amide bonds. The van der Waals surface area contributed by atoms with Gasteiger partial charge < -0.3 is 14.5 Å². The van der Waals surface area contributed by atoms with Gasteiger partial charge in [0.05, 0.1) is 22.4 Å². The second kappa shape index (κ2) is 12.2. The zero-order chi connectivity index (χ0) is 33.7. The van der Waals surface area contributed by atoms with Crippen molar-refractivity contribution in [2.45, 2.75) is 46.5 Å². The maximum absolute atomic E-state index is 6.63. The topological polar surface area (TPSA) is 33.5 Å². The number of hydrogen-bond donors (Lipinski definition) is 0. The summed E-state index contributed by atoms with van der Waals surface area (Å²) in [6.07, 6.45) is 2.94. The summed E-state index contributed by atoms with van der Waals surface area (Å²) in [6, 6.07) is 45.3. The first kappa shape index (κ1) is 30.8. The van der Waals surface area contributed by atoms with E-state index in [2.05, 4.69) is 170 Å². The molecule has 0 saturated heterocycles. The van der Waals surface area contributed by atoms with Crippen molar-refractivity contribution < 1.29 is 4.74 Å². The lowest BCUT2D eigenvalue weighted by atomic mass is 9.87. The summed E-state index contributed by atoms with van der Waals surface area (Å²) < 4.78 is 8.89. The minimum absolute atomic E-state index is 0.0757. The third-order valence-electron chi connectivity index (χ3n) is 9.46. The van der Waals surface area contributed by atoms with Crippen LogP contribution in [0.15, 0.2) is 134 Å². The van der Waals surface area contributed by atoms with Crippen LogP contribution in [-0.2, 0) is 11.8 Å². The number of anilines is 4. The van der Waals surface area contributed by atoms with Gasteiger partial charge in [0.2, 0.25) is 0 Å². The molecule has 0 aliphatic carbocycles. The molecular formula is C44H42N4O. The Kier molecular flexibility index (Phi) is 7.63. The molecule has 0 fully saturated rings. The lowest BCUT2D eigenvalue weighted by Gasteiger charge is -2.25. The van der Waals surface area contributed by atoms with Crippen molar-refractivity contribution in [1.82, 2.24) is 9.55 Å². The largest absolute Gasteiger partial charge is 0.457 e. The Labute approximate surface area is 289 Å². The molecule has 0 radical (unpaired) electrons. The first-order valence-corrected chi connectivity index (χ1v) is 17.2. The van der Waals surface area contributed by atoms with Crippen molar-refractivity contribution in [3.8, 4) is 17.3 Å². The fourth-order valence-electron chi connectivity index (χ4n) is 7.09. The minimum Gasteiger partial charge on any atom is -0.457 e. The van der Waals surface area contributed by atoms with Gasteiger partial charge in [-0.15, -0.1) is 0 Å². The lowest BCUT2D eigenvalue weighted by molar-refractivity contribution is 0.483. The summed E-state index contributed by atoms with van der Waals surface area (Å²) in [6.45, 7) is 12.0. The van der Waals surface area contributed by atoms with Crippen LogP contribution in [0.2, 0.25) is 0 Å². The maximum Gasteiger partial charge on any atom is 0.137 e. The molecule has 2 aromatic heterocycles. The Morgan fingerprint density at radius 2 is 1.33 bits per heavy atom. The number of aromatic nitrogens is 2. The summed E-state index contributed by atoms with van der Waals surface area (Å²) in [4.78, 5) is 9.60. The van der Waals surface area contributed by atoms with E-state index >= 15 is 0 Å². The van der Waals surface area contributed by atoms with E-state index in [1.807, 2.05) is 12.3 Å². The van der Waals surface area contributed by atoms with Gasteiger partial charge in [0.15, 0.2) is 0 Å². The summed E-state index contributed by atoms with van der Waals surface area (Å²) in [5, 5.41) is 2.38. The molecule has 5 aromatic carbocycles. The number of fused-ring (bicyclic) bond motifs is 4. The summed E-state index contributed by atoms with van der Waals surface area (Å²) in [5.41, 5.74) is 9.56. The quantitative estimate of drug-likeness (QED) is 0.173. The van der Waals surface area contributed by atoms with Gasteiger partial charge in [-0.3, -0.25) is 4.57 Å². The molecule has 0 spiro atoms. The number of nitrogens with zero attached hydrogens (tertiary/aromatic N) is 4. The highest BCUT2D eigenvalue weighted by atomic mass is 16.5. The first-order valence-electron chi connectivity index (χ1n) is 17.2. The standard InChI is InChI=1S/C44H42N4O/c1-30(2)24-31-22-23-45-43(25-31)48-39-17-7-6-16-37(39)38-21-20-36(28-42(38)48)49-35-15-11-14-34(27-35)47-29-46(40-18-8-9-19-41(40)47)33-13-10-12-32(26-33)44(3,4)5/h6-23,25-28,30H,24,29H2,1-5H3. The van der Waals surface area contributed by atoms with Crippen molar-refractivity contribution in [3.63, 3.8) is 0 Å². The molecular weight excluding hydrogens is 601 g/mol. The van der Waals surface area contributed by atoms with Gasteiger partial charge in [0.25, 0.3) is 0 Å². The van der Waals surface area contributed by atoms with E-state index < -0.39 is 0 Å². The molecule has 1 aliphatic rings. The normalized spacial score (nSPS) is 13.1. The van der Waals surface area contributed by atoms with E-state index in [4.69, 9.17) is 9.72 Å². The fourth-order valence-corrected chi connectivity index (χ4v) is 7.09. The molecule has 0 N–H and O–H groups in total. The number of para-hydroxylation sites is 3. The van der Waals surface area contributed by atoms with Gasteiger partial charge in [0, 0.05) is 40.5 Å². The zero-order valence-electron chi connectivity index (χ0n) is 28.9. The second-order valence-electron chi connectivity index (χ2n) is 14.5. The molecule has 7 aromatic rings. The molecule has 0 saturated carbocycles. The Hall–Kier alpha value is -5.55. The van der Waals surface area contributed by atoms with Gasteiger partial charge in [-0.2, -0.15) is 0 Å². The van der Waals surface area contributed by atoms with Crippen LogP contribution in [0.25, 0.3) is 27.6 Å². The van der Waals surface area contributed by atoms with Gasteiger partial charge in [-0.25, -0.2) is 4.98 Å². The van der Waals surface area contributed by atoms with Crippen LogP contribution in [0.5, 0.6) is 11.5 Å². The Bertz CT molecular complexity index is 2310. The lowest BCUT2D eigenvalue weighted by Crippen LogP contribution is -2.24. The van der Waals surface area contributed by atoms with Crippen molar-refractivity contribution >= 4 is 44.6 Å². The van der Waals surface area contributed by atoms with Crippen molar-refractivity contribution in [2.75, 3.05) is 16.5 Å². The summed E-state index contributed by atoms with van der Waals surface area (Å²) in [5.74, 6) is 3.08. The first-order chi connectivity index (χ1) is 23.7. The van der Waals surface area contributed by atoms with E-state index in [1.54, 1.807) is 0 Å². The molecule has 5 heteroatoms. The Morgan fingerprint density at radius 1 is 0.653 bits per heavy atom. The molecule has 1 aliphatic heterocycles. The van der Waals surface area contributed by atoms with E-state index in [9.17, 15) is 0 Å².